The van der Waals surface area contributed by atoms with Crippen LogP contribution in [-0.2, 0) is 6.54 Å². The van der Waals surface area contributed by atoms with Gasteiger partial charge in [0.05, 0.1) is 0 Å². The van der Waals surface area contributed by atoms with Gasteiger partial charge in [-0.15, -0.1) is 0 Å². The molecule has 0 saturated carbocycles. The lowest BCUT2D eigenvalue weighted by Crippen LogP contribution is -2.26. The van der Waals surface area contributed by atoms with Gasteiger partial charge in [-0.25, -0.2) is 0 Å². The third-order valence-corrected chi connectivity index (χ3v) is 4.65. The number of likely N-dealkylation sites (tertiary alicyclic amines) is 1. The molecule has 2 rings (SSSR count). The number of hydrogen-bond acceptors (Lipinski definition) is 2. The second-order valence-electron chi connectivity index (χ2n) is 7.16. The molecule has 1 aliphatic heterocycles. The molecule has 2 nitrogen and oxygen atoms in total. The normalized spacial score (nSPS) is 21.7. The van der Waals surface area contributed by atoms with Crippen molar-refractivity contribution in [3.8, 4) is 0 Å². The molecule has 0 radical (unpaired) electrons. The molecule has 1 aromatic rings. The Morgan fingerprint density at radius 3 is 2.60 bits per heavy atom. The Labute approximate surface area is 128 Å². The number of benzene rings is 1. The van der Waals surface area contributed by atoms with Gasteiger partial charge in [-0.2, -0.15) is 0 Å². The number of halogens is 1. The lowest BCUT2D eigenvalue weighted by molar-refractivity contribution is 0.206. The van der Waals surface area contributed by atoms with Crippen molar-refractivity contribution in [3.63, 3.8) is 0 Å². The van der Waals surface area contributed by atoms with Crippen LogP contribution in [0.4, 0.5) is 5.69 Å². The smallest absolute Gasteiger partial charge is 0.0429 e. The molecule has 0 aromatic heterocycles. The lowest BCUT2D eigenvalue weighted by Gasteiger charge is -2.29. The van der Waals surface area contributed by atoms with Gasteiger partial charge in [-0.1, -0.05) is 32.4 Å². The first-order chi connectivity index (χ1) is 9.34. The van der Waals surface area contributed by atoms with Gasteiger partial charge in [0, 0.05) is 17.3 Å². The highest BCUT2D eigenvalue weighted by molar-refractivity contribution is 6.30. The minimum atomic E-state index is 0.427. The Morgan fingerprint density at radius 1 is 1.20 bits per heavy atom. The number of nitrogens with two attached hydrogens (primary N) is 1. The Morgan fingerprint density at radius 2 is 1.95 bits per heavy atom. The molecule has 20 heavy (non-hydrogen) atoms. The highest BCUT2D eigenvalue weighted by Gasteiger charge is 2.26. The third-order valence-electron chi connectivity index (χ3n) is 4.43. The van der Waals surface area contributed by atoms with E-state index in [1.807, 2.05) is 18.2 Å². The van der Waals surface area contributed by atoms with E-state index in [1.165, 1.54) is 37.9 Å². The van der Waals surface area contributed by atoms with Gasteiger partial charge < -0.3 is 5.73 Å². The first-order valence-electron chi connectivity index (χ1n) is 7.62. The van der Waals surface area contributed by atoms with Crippen molar-refractivity contribution in [2.24, 2.45) is 11.3 Å². The molecule has 1 unspecified atom stereocenters. The van der Waals surface area contributed by atoms with Crippen molar-refractivity contribution in [1.82, 2.24) is 4.90 Å². The number of nitrogen functional groups attached to an aromatic ring is 1. The summed E-state index contributed by atoms with van der Waals surface area (Å²) in [6.45, 7) is 10.4. The van der Waals surface area contributed by atoms with Crippen LogP contribution in [0.3, 0.4) is 0 Å². The van der Waals surface area contributed by atoms with Crippen molar-refractivity contribution < 1.29 is 0 Å². The SMILES string of the molecule is CC(C)(C)C1CCCN(Cc2cc(N)cc(Cl)c2)CC1. The summed E-state index contributed by atoms with van der Waals surface area (Å²) in [5.74, 6) is 0.830. The van der Waals surface area contributed by atoms with Crippen molar-refractivity contribution in [2.75, 3.05) is 18.8 Å². The van der Waals surface area contributed by atoms with E-state index in [1.54, 1.807) is 0 Å². The first kappa shape index (κ1) is 15.7. The Balaban J connectivity index is 1.97. The molecule has 112 valence electrons. The molecule has 3 heteroatoms. The maximum Gasteiger partial charge on any atom is 0.0429 e. The van der Waals surface area contributed by atoms with E-state index in [0.29, 0.717) is 5.41 Å². The highest BCUT2D eigenvalue weighted by atomic mass is 35.5. The standard InChI is InChI=1S/C17H27ClN2/c1-17(2,3)14-5-4-7-20(8-6-14)12-13-9-15(18)11-16(19)10-13/h9-11,14H,4-8,12,19H2,1-3H3. The molecule has 1 atom stereocenters. The maximum atomic E-state index is 6.08. The van der Waals surface area contributed by atoms with E-state index in [2.05, 4.69) is 25.7 Å². The summed E-state index contributed by atoms with van der Waals surface area (Å²) in [5, 5.41) is 0.738. The number of nitrogens with zero attached hydrogens (tertiary/aromatic N) is 1. The second-order valence-corrected chi connectivity index (χ2v) is 7.60. The van der Waals surface area contributed by atoms with E-state index < -0.39 is 0 Å². The summed E-state index contributed by atoms with van der Waals surface area (Å²) in [6, 6.07) is 5.88. The Hall–Kier alpha value is -0.730. The van der Waals surface area contributed by atoms with Crippen molar-refractivity contribution in [3.05, 3.63) is 28.8 Å². The average Bonchev–Trinajstić information content (AvgIpc) is 2.52. The molecule has 2 N–H and O–H groups in total. The van der Waals surface area contributed by atoms with E-state index in [0.717, 1.165) is 23.2 Å². The van der Waals surface area contributed by atoms with Gasteiger partial charge in [-0.3, -0.25) is 4.90 Å². The molecule has 0 bridgehead atoms. The minimum absolute atomic E-state index is 0.427. The summed E-state index contributed by atoms with van der Waals surface area (Å²) in [5.41, 5.74) is 8.28. The van der Waals surface area contributed by atoms with Crippen LogP contribution in [0.15, 0.2) is 18.2 Å². The van der Waals surface area contributed by atoms with Crippen molar-refractivity contribution in [2.45, 2.75) is 46.6 Å². The van der Waals surface area contributed by atoms with E-state index >= 15 is 0 Å². The first-order valence-corrected chi connectivity index (χ1v) is 8.00. The zero-order valence-corrected chi connectivity index (χ0v) is 13.7. The van der Waals surface area contributed by atoms with Crippen LogP contribution in [0.1, 0.15) is 45.6 Å². The Bertz CT molecular complexity index is 431. The summed E-state index contributed by atoms with van der Waals surface area (Å²) < 4.78 is 0. The molecule has 1 saturated heterocycles. The molecular formula is C17H27ClN2. The topological polar surface area (TPSA) is 29.3 Å². The predicted octanol–water partition coefficient (Wildman–Crippen LogP) is 4.57. The fourth-order valence-corrected chi connectivity index (χ4v) is 3.47. The van der Waals surface area contributed by atoms with Gasteiger partial charge in [0.25, 0.3) is 0 Å². The molecule has 1 fully saturated rings. The van der Waals surface area contributed by atoms with Crippen molar-refractivity contribution in [1.29, 1.82) is 0 Å². The summed E-state index contributed by atoms with van der Waals surface area (Å²) in [7, 11) is 0. The maximum absolute atomic E-state index is 6.08. The van der Waals surface area contributed by atoms with Crippen molar-refractivity contribution >= 4 is 17.3 Å². The van der Waals surface area contributed by atoms with Crippen LogP contribution in [0.2, 0.25) is 5.02 Å². The van der Waals surface area contributed by atoms with Crippen LogP contribution in [-0.4, -0.2) is 18.0 Å². The zero-order chi connectivity index (χ0) is 14.8. The van der Waals surface area contributed by atoms with Gasteiger partial charge in [0.15, 0.2) is 0 Å². The summed E-state index contributed by atoms with van der Waals surface area (Å²) >= 11 is 6.08. The monoisotopic (exact) mass is 294 g/mol. The van der Waals surface area contributed by atoms with Gasteiger partial charge in [0.1, 0.15) is 0 Å². The predicted molar refractivity (Wildman–Crippen MR) is 87.9 cm³/mol. The molecule has 0 aliphatic carbocycles. The summed E-state index contributed by atoms with van der Waals surface area (Å²) in [4.78, 5) is 2.54. The number of hydrogen-bond donors (Lipinski definition) is 1. The van der Waals surface area contributed by atoms with Crippen LogP contribution in [0.5, 0.6) is 0 Å². The van der Waals surface area contributed by atoms with Crippen LogP contribution in [0, 0.1) is 11.3 Å². The minimum Gasteiger partial charge on any atom is -0.399 e. The lowest BCUT2D eigenvalue weighted by atomic mass is 9.77. The molecule has 0 amide bonds. The van der Waals surface area contributed by atoms with Gasteiger partial charge in [0.2, 0.25) is 0 Å². The Kier molecular flexibility index (Phi) is 4.98. The molecule has 1 aromatic carbocycles. The summed E-state index contributed by atoms with van der Waals surface area (Å²) in [6.07, 6.45) is 3.93. The molecular weight excluding hydrogens is 268 g/mol. The average molecular weight is 295 g/mol. The number of rotatable bonds is 2. The second kappa shape index (κ2) is 6.36. The largest absolute Gasteiger partial charge is 0.399 e. The van der Waals surface area contributed by atoms with Crippen LogP contribution >= 0.6 is 11.6 Å². The molecule has 1 aliphatic rings. The zero-order valence-electron chi connectivity index (χ0n) is 13.0. The quantitative estimate of drug-likeness (QED) is 0.810. The fourth-order valence-electron chi connectivity index (χ4n) is 3.20. The van der Waals surface area contributed by atoms with Gasteiger partial charge in [-0.05, 0) is 67.4 Å². The van der Waals surface area contributed by atoms with Crippen LogP contribution < -0.4 is 5.73 Å². The molecule has 1 heterocycles. The van der Waals surface area contributed by atoms with E-state index in [4.69, 9.17) is 17.3 Å². The molecule has 0 spiro atoms. The van der Waals surface area contributed by atoms with Gasteiger partial charge >= 0.3 is 0 Å². The third kappa shape index (κ3) is 4.39. The fraction of sp³-hybridized carbons (Fsp3) is 0.647. The van der Waals surface area contributed by atoms with E-state index in [-0.39, 0.29) is 0 Å². The van der Waals surface area contributed by atoms with Crippen LogP contribution in [0.25, 0.3) is 0 Å². The highest BCUT2D eigenvalue weighted by Crippen LogP contribution is 2.34. The number of anilines is 1. The van der Waals surface area contributed by atoms with E-state index in [9.17, 15) is 0 Å².